The molecule has 3 rings (SSSR count). The Bertz CT molecular complexity index is 1000. The Morgan fingerprint density at radius 2 is 1.92 bits per heavy atom. The predicted molar refractivity (Wildman–Crippen MR) is 97.8 cm³/mol. The topological polar surface area (TPSA) is 71.2 Å². The highest BCUT2D eigenvalue weighted by Gasteiger charge is 2.16. The van der Waals surface area contributed by atoms with Gasteiger partial charge in [-0.15, -0.1) is 0 Å². The first-order valence-corrected chi connectivity index (χ1v) is 8.06. The van der Waals surface area contributed by atoms with E-state index >= 15 is 0 Å². The highest BCUT2D eigenvalue weighted by atomic mass is 35.5. The van der Waals surface area contributed by atoms with Crippen molar-refractivity contribution in [1.29, 1.82) is 0 Å². The third-order valence-corrected chi connectivity index (χ3v) is 3.84. The molecule has 0 atom stereocenters. The average Bonchev–Trinajstić information content (AvgIpc) is 2.64. The summed E-state index contributed by atoms with van der Waals surface area (Å²) in [4.78, 5) is 26.4. The number of hydrogen-bond acceptors (Lipinski definition) is 3. The lowest BCUT2D eigenvalue weighted by molar-refractivity contribution is 0.102. The fraction of sp³-hybridized carbons (Fsp3) is 0.0526. The lowest BCUT2D eigenvalue weighted by Crippen LogP contribution is -2.15. The summed E-state index contributed by atoms with van der Waals surface area (Å²) in [6.45, 7) is -0.725. The number of anilines is 1. The first-order valence-electron chi connectivity index (χ1n) is 7.68. The van der Waals surface area contributed by atoms with Crippen LogP contribution in [0.25, 0.3) is 0 Å². The molecule has 2 aromatic carbocycles. The number of para-hydroxylation sites is 1. The molecule has 0 bridgehead atoms. The molecule has 0 saturated heterocycles. The molecule has 0 unspecified atom stereocenters. The first-order chi connectivity index (χ1) is 12.6. The van der Waals surface area contributed by atoms with Crippen LogP contribution < -0.4 is 15.6 Å². The van der Waals surface area contributed by atoms with Gasteiger partial charge in [0.25, 0.3) is 5.91 Å². The largest absolute Gasteiger partial charge is 0.455 e. The molecule has 3 aromatic rings. The van der Waals surface area contributed by atoms with Crippen LogP contribution in [0.4, 0.5) is 10.1 Å². The zero-order chi connectivity index (χ0) is 18.5. The van der Waals surface area contributed by atoms with Gasteiger partial charge >= 0.3 is 0 Å². The number of aromatic nitrogens is 1. The fourth-order valence-corrected chi connectivity index (χ4v) is 2.47. The molecule has 1 amide bonds. The molecule has 0 spiro atoms. The smallest absolute Gasteiger partial charge is 0.259 e. The lowest BCUT2D eigenvalue weighted by atomic mass is 10.1. The minimum atomic E-state index is -0.725. The minimum absolute atomic E-state index is 0.125. The number of benzene rings is 2. The number of halogens is 2. The van der Waals surface area contributed by atoms with Crippen molar-refractivity contribution in [3.05, 3.63) is 87.3 Å². The van der Waals surface area contributed by atoms with Gasteiger partial charge in [-0.2, -0.15) is 0 Å². The van der Waals surface area contributed by atoms with Crippen molar-refractivity contribution in [3.8, 4) is 11.5 Å². The third kappa shape index (κ3) is 4.10. The minimum Gasteiger partial charge on any atom is -0.455 e. The molecular formula is C19H14ClFN2O3. The van der Waals surface area contributed by atoms with Crippen molar-refractivity contribution < 1.29 is 13.9 Å². The number of rotatable bonds is 5. The Morgan fingerprint density at radius 3 is 2.65 bits per heavy atom. The maximum absolute atomic E-state index is 13.0. The van der Waals surface area contributed by atoms with Crippen LogP contribution in [-0.2, 0) is 6.67 Å². The third-order valence-electron chi connectivity index (χ3n) is 3.53. The molecule has 7 heteroatoms. The standard InChI is InChI=1S/C19H14ClFN2O3/c20-15-3-1-2-4-17(15)26-16-6-5-12(11-21)9-14(16)19(25)23-13-7-8-22-18(24)10-13/h1-10H,11H2,(H2,22,23,24,25). The monoisotopic (exact) mass is 372 g/mol. The van der Waals surface area contributed by atoms with Crippen LogP contribution in [0.3, 0.4) is 0 Å². The summed E-state index contributed by atoms with van der Waals surface area (Å²) in [5, 5.41) is 2.97. The van der Waals surface area contributed by atoms with Crippen molar-refractivity contribution >= 4 is 23.2 Å². The molecular weight excluding hydrogens is 359 g/mol. The number of nitrogens with one attached hydrogen (secondary N) is 2. The lowest BCUT2D eigenvalue weighted by Gasteiger charge is -2.13. The molecule has 0 fully saturated rings. The van der Waals surface area contributed by atoms with Crippen LogP contribution in [0.2, 0.25) is 5.02 Å². The van der Waals surface area contributed by atoms with Gasteiger partial charge in [-0.05, 0) is 35.9 Å². The second kappa shape index (κ2) is 7.84. The highest BCUT2D eigenvalue weighted by Crippen LogP contribution is 2.32. The van der Waals surface area contributed by atoms with Crippen molar-refractivity contribution in [2.24, 2.45) is 0 Å². The summed E-state index contributed by atoms with van der Waals surface area (Å²) in [5.74, 6) is 0.0537. The Hall–Kier alpha value is -3.12. The van der Waals surface area contributed by atoms with Crippen molar-refractivity contribution in [1.82, 2.24) is 4.98 Å². The van der Waals surface area contributed by atoms with E-state index in [0.717, 1.165) is 0 Å². The summed E-state index contributed by atoms with van der Waals surface area (Å²) in [6, 6.07) is 14.0. The predicted octanol–water partition coefficient (Wildman–Crippen LogP) is 4.54. The van der Waals surface area contributed by atoms with E-state index in [9.17, 15) is 14.0 Å². The molecule has 26 heavy (non-hydrogen) atoms. The fourth-order valence-electron chi connectivity index (χ4n) is 2.29. The van der Waals surface area contributed by atoms with Crippen LogP contribution in [-0.4, -0.2) is 10.9 Å². The Kier molecular flexibility index (Phi) is 5.34. The molecule has 1 heterocycles. The molecule has 0 saturated carbocycles. The van der Waals surface area contributed by atoms with Crippen LogP contribution >= 0.6 is 11.6 Å². The molecule has 0 aliphatic rings. The second-order valence-electron chi connectivity index (χ2n) is 5.39. The number of pyridine rings is 1. The molecule has 5 nitrogen and oxygen atoms in total. The molecule has 2 N–H and O–H groups in total. The number of carbonyl (C=O) groups is 1. The van der Waals surface area contributed by atoms with E-state index in [1.54, 1.807) is 24.3 Å². The van der Waals surface area contributed by atoms with Crippen molar-refractivity contribution in [2.75, 3.05) is 5.32 Å². The van der Waals surface area contributed by atoms with Gasteiger partial charge in [0.15, 0.2) is 0 Å². The van der Waals surface area contributed by atoms with Gasteiger partial charge in [0.2, 0.25) is 5.56 Å². The number of amides is 1. The van der Waals surface area contributed by atoms with Crippen LogP contribution in [0.15, 0.2) is 65.6 Å². The van der Waals surface area contributed by atoms with E-state index in [4.69, 9.17) is 16.3 Å². The zero-order valence-electron chi connectivity index (χ0n) is 13.5. The first kappa shape index (κ1) is 17.7. The molecule has 0 radical (unpaired) electrons. The summed E-state index contributed by atoms with van der Waals surface area (Å²) >= 11 is 6.09. The van der Waals surface area contributed by atoms with Gasteiger partial charge in [-0.25, -0.2) is 4.39 Å². The van der Waals surface area contributed by atoms with E-state index in [2.05, 4.69) is 10.3 Å². The zero-order valence-corrected chi connectivity index (χ0v) is 14.2. The highest BCUT2D eigenvalue weighted by molar-refractivity contribution is 6.32. The number of alkyl halides is 1. The summed E-state index contributed by atoms with van der Waals surface area (Å²) < 4.78 is 18.8. The Balaban J connectivity index is 1.94. The van der Waals surface area contributed by atoms with Gasteiger partial charge in [0, 0.05) is 18.0 Å². The van der Waals surface area contributed by atoms with E-state index in [0.29, 0.717) is 22.0 Å². The maximum Gasteiger partial charge on any atom is 0.259 e. The van der Waals surface area contributed by atoms with Crippen LogP contribution in [0.5, 0.6) is 11.5 Å². The summed E-state index contributed by atoms with van der Waals surface area (Å²) in [7, 11) is 0. The van der Waals surface area contributed by atoms with Crippen LogP contribution in [0.1, 0.15) is 15.9 Å². The molecule has 0 aliphatic carbocycles. The van der Waals surface area contributed by atoms with Crippen LogP contribution in [0, 0.1) is 0 Å². The number of carbonyl (C=O) groups excluding carboxylic acids is 1. The van der Waals surface area contributed by atoms with E-state index in [1.807, 2.05) is 0 Å². The summed E-state index contributed by atoms with van der Waals surface area (Å²) in [5.41, 5.74) is 0.411. The van der Waals surface area contributed by atoms with Gasteiger partial charge in [0.05, 0.1) is 10.6 Å². The molecule has 132 valence electrons. The quantitative estimate of drug-likeness (QED) is 0.690. The second-order valence-corrected chi connectivity index (χ2v) is 5.80. The van der Waals surface area contributed by atoms with E-state index in [-0.39, 0.29) is 16.9 Å². The van der Waals surface area contributed by atoms with Gasteiger partial charge in [-0.3, -0.25) is 9.59 Å². The normalized spacial score (nSPS) is 10.4. The Labute approximate surface area is 153 Å². The maximum atomic E-state index is 13.0. The molecule has 1 aromatic heterocycles. The Morgan fingerprint density at radius 1 is 1.12 bits per heavy atom. The SMILES string of the molecule is O=C(Nc1cc[nH]c(=O)c1)c1cc(CF)ccc1Oc1ccccc1Cl. The number of aromatic amines is 1. The van der Waals surface area contributed by atoms with Crippen molar-refractivity contribution in [2.45, 2.75) is 6.67 Å². The van der Waals surface area contributed by atoms with E-state index < -0.39 is 12.6 Å². The number of hydrogen-bond donors (Lipinski definition) is 2. The summed E-state index contributed by atoms with van der Waals surface area (Å²) in [6.07, 6.45) is 1.41. The van der Waals surface area contributed by atoms with Gasteiger partial charge < -0.3 is 15.0 Å². The van der Waals surface area contributed by atoms with Gasteiger partial charge in [-0.1, -0.05) is 29.8 Å². The number of H-pyrrole nitrogens is 1. The van der Waals surface area contributed by atoms with Crippen molar-refractivity contribution in [3.63, 3.8) is 0 Å². The molecule has 0 aliphatic heterocycles. The van der Waals surface area contributed by atoms with Gasteiger partial charge in [0.1, 0.15) is 18.2 Å². The van der Waals surface area contributed by atoms with E-state index in [1.165, 1.54) is 36.5 Å². The number of ether oxygens (including phenoxy) is 1. The average molecular weight is 373 g/mol.